The summed E-state index contributed by atoms with van der Waals surface area (Å²) in [5, 5.41) is 12.6. The minimum absolute atomic E-state index is 0.129. The van der Waals surface area contributed by atoms with Crippen LogP contribution in [0.1, 0.15) is 69.6 Å². The number of thiazole rings is 1. The first-order valence-electron chi connectivity index (χ1n) is 8.02. The number of aliphatic hydroxyl groups is 1. The molecule has 0 spiro atoms. The molecule has 0 fully saturated rings. The third-order valence-corrected chi connectivity index (χ3v) is 4.53. The molecule has 0 saturated heterocycles. The Bertz CT molecular complexity index is 577. The summed E-state index contributed by atoms with van der Waals surface area (Å²) in [4.78, 5) is 29.3. The van der Waals surface area contributed by atoms with Crippen molar-refractivity contribution in [2.24, 2.45) is 5.92 Å². The second-order valence-corrected chi connectivity index (χ2v) is 8.17. The molecular weight excluding hydrogens is 328 g/mol. The van der Waals surface area contributed by atoms with Gasteiger partial charge in [0.05, 0.1) is 0 Å². The number of hydrogen-bond donors (Lipinski definition) is 1. The second-order valence-electron chi connectivity index (χ2n) is 7.28. The minimum atomic E-state index is -0.833. The van der Waals surface area contributed by atoms with Crippen LogP contribution in [0.4, 0.5) is 4.79 Å². The van der Waals surface area contributed by atoms with E-state index in [9.17, 15) is 14.7 Å². The summed E-state index contributed by atoms with van der Waals surface area (Å²) in [5.41, 5.74) is -0.215. The molecule has 1 aromatic heterocycles. The number of hydrogen-bond acceptors (Lipinski definition) is 6. The van der Waals surface area contributed by atoms with Crippen molar-refractivity contribution in [2.45, 2.75) is 65.7 Å². The molecule has 24 heavy (non-hydrogen) atoms. The summed E-state index contributed by atoms with van der Waals surface area (Å²) in [6.45, 7) is 10.9. The van der Waals surface area contributed by atoms with Crippen LogP contribution < -0.4 is 0 Å². The number of Topliss-reactive ketones (excluding diaryl/α,β-unsaturated/α-hetero) is 1. The fourth-order valence-corrected chi connectivity index (χ4v) is 3.13. The van der Waals surface area contributed by atoms with Crippen LogP contribution in [0.3, 0.4) is 0 Å². The van der Waals surface area contributed by atoms with Crippen LogP contribution in [-0.4, -0.2) is 45.6 Å². The fraction of sp³-hybridized carbons (Fsp3) is 0.706. The van der Waals surface area contributed by atoms with Crippen LogP contribution in [0.15, 0.2) is 5.38 Å². The predicted molar refractivity (Wildman–Crippen MR) is 94.3 cm³/mol. The molecule has 1 rings (SSSR count). The van der Waals surface area contributed by atoms with E-state index in [1.165, 1.54) is 23.2 Å². The van der Waals surface area contributed by atoms with Gasteiger partial charge in [-0.2, -0.15) is 0 Å². The normalized spacial score (nSPS) is 14.4. The minimum Gasteiger partial charge on any atom is -0.444 e. The van der Waals surface area contributed by atoms with Crippen molar-refractivity contribution in [3.8, 4) is 0 Å². The molecule has 136 valence electrons. The van der Waals surface area contributed by atoms with Gasteiger partial charge in [-0.1, -0.05) is 13.8 Å². The second kappa shape index (κ2) is 8.07. The van der Waals surface area contributed by atoms with Gasteiger partial charge in [0.2, 0.25) is 0 Å². The van der Waals surface area contributed by atoms with Gasteiger partial charge in [0.15, 0.2) is 5.78 Å². The Morgan fingerprint density at radius 2 is 1.96 bits per heavy atom. The molecule has 0 aromatic carbocycles. The molecule has 6 nitrogen and oxygen atoms in total. The average Bonchev–Trinajstić information content (AvgIpc) is 2.91. The molecule has 0 bridgehead atoms. The number of rotatable bonds is 6. The van der Waals surface area contributed by atoms with Gasteiger partial charge >= 0.3 is 6.09 Å². The summed E-state index contributed by atoms with van der Waals surface area (Å²) in [6.07, 6.45) is -0.921. The summed E-state index contributed by atoms with van der Waals surface area (Å²) in [7, 11) is 1.67. The van der Waals surface area contributed by atoms with Crippen molar-refractivity contribution in [3.05, 3.63) is 16.1 Å². The number of carbonyl (C=O) groups is 2. The molecule has 0 aliphatic heterocycles. The van der Waals surface area contributed by atoms with E-state index >= 15 is 0 Å². The van der Waals surface area contributed by atoms with Gasteiger partial charge in [-0.25, -0.2) is 9.78 Å². The van der Waals surface area contributed by atoms with E-state index in [-0.39, 0.29) is 17.7 Å². The maximum Gasteiger partial charge on any atom is 0.410 e. The topological polar surface area (TPSA) is 79.7 Å². The Morgan fingerprint density at radius 1 is 1.38 bits per heavy atom. The Hall–Kier alpha value is -1.47. The lowest BCUT2D eigenvalue weighted by Gasteiger charge is -2.34. The van der Waals surface area contributed by atoms with E-state index in [0.29, 0.717) is 17.1 Å². The first-order valence-corrected chi connectivity index (χ1v) is 8.90. The zero-order valence-electron chi connectivity index (χ0n) is 15.5. The Labute approximate surface area is 147 Å². The van der Waals surface area contributed by atoms with Gasteiger partial charge in [0.1, 0.15) is 22.4 Å². The van der Waals surface area contributed by atoms with E-state index in [1.54, 1.807) is 12.4 Å². The molecule has 1 aromatic rings. The van der Waals surface area contributed by atoms with Gasteiger partial charge < -0.3 is 14.7 Å². The van der Waals surface area contributed by atoms with Crippen LogP contribution in [0.2, 0.25) is 0 Å². The zero-order valence-corrected chi connectivity index (χ0v) is 16.3. The summed E-state index contributed by atoms with van der Waals surface area (Å²) in [6, 6.07) is -0.209. The standard InChI is InChI=1S/C17H28N2O4S/c1-10(2)13(19(7)16(22)23-17(4,5)6)8-14(21)15-18-12(9-24-15)11(3)20/h9-10,13-14,21H,8H2,1-7H3/t13-,14+/m1/s1. The molecule has 0 radical (unpaired) electrons. The summed E-state index contributed by atoms with van der Waals surface area (Å²) < 4.78 is 5.40. The molecule has 1 N–H and O–H groups in total. The quantitative estimate of drug-likeness (QED) is 0.787. The number of nitrogens with zero attached hydrogens (tertiary/aromatic N) is 2. The molecular formula is C17H28N2O4S. The lowest BCUT2D eigenvalue weighted by atomic mass is 9.97. The predicted octanol–water partition coefficient (Wildman–Crippen LogP) is 3.66. The van der Waals surface area contributed by atoms with Crippen molar-refractivity contribution in [1.82, 2.24) is 9.88 Å². The molecule has 1 amide bonds. The van der Waals surface area contributed by atoms with E-state index in [1.807, 2.05) is 34.6 Å². The van der Waals surface area contributed by atoms with Crippen LogP contribution in [0.25, 0.3) is 0 Å². The SMILES string of the molecule is CC(=O)c1csc([C@@H](O)C[C@H](C(C)C)N(C)C(=O)OC(C)(C)C)n1. The Kier molecular flexibility index (Phi) is 6.92. The van der Waals surface area contributed by atoms with Crippen LogP contribution in [0, 0.1) is 5.92 Å². The van der Waals surface area contributed by atoms with Crippen LogP contribution >= 0.6 is 11.3 Å². The van der Waals surface area contributed by atoms with Crippen molar-refractivity contribution < 1.29 is 19.4 Å². The van der Waals surface area contributed by atoms with Gasteiger partial charge in [0, 0.05) is 31.8 Å². The van der Waals surface area contributed by atoms with E-state index in [4.69, 9.17) is 4.74 Å². The van der Waals surface area contributed by atoms with Gasteiger partial charge in [-0.05, 0) is 26.7 Å². The summed E-state index contributed by atoms with van der Waals surface area (Å²) in [5.74, 6) is 0.000362. The zero-order chi connectivity index (χ0) is 18.7. The summed E-state index contributed by atoms with van der Waals surface area (Å²) >= 11 is 1.25. The van der Waals surface area contributed by atoms with E-state index < -0.39 is 17.8 Å². The van der Waals surface area contributed by atoms with Gasteiger partial charge in [0.25, 0.3) is 0 Å². The number of aromatic nitrogens is 1. The van der Waals surface area contributed by atoms with E-state index in [0.717, 1.165) is 0 Å². The van der Waals surface area contributed by atoms with Gasteiger partial charge in [-0.15, -0.1) is 11.3 Å². The number of ether oxygens (including phenoxy) is 1. The maximum atomic E-state index is 12.3. The van der Waals surface area contributed by atoms with Crippen molar-refractivity contribution in [3.63, 3.8) is 0 Å². The third-order valence-electron chi connectivity index (χ3n) is 3.58. The number of carbonyl (C=O) groups excluding carboxylic acids is 2. The highest BCUT2D eigenvalue weighted by Gasteiger charge is 2.30. The van der Waals surface area contributed by atoms with Crippen molar-refractivity contribution in [1.29, 1.82) is 0 Å². The first-order chi connectivity index (χ1) is 10.9. The number of amides is 1. The average molecular weight is 356 g/mol. The highest BCUT2D eigenvalue weighted by molar-refractivity contribution is 7.09. The Balaban J connectivity index is 2.84. The highest BCUT2D eigenvalue weighted by Crippen LogP contribution is 2.27. The van der Waals surface area contributed by atoms with Crippen LogP contribution in [-0.2, 0) is 4.74 Å². The van der Waals surface area contributed by atoms with Crippen molar-refractivity contribution in [2.75, 3.05) is 7.05 Å². The lowest BCUT2D eigenvalue weighted by Crippen LogP contribution is -2.44. The monoisotopic (exact) mass is 356 g/mol. The van der Waals surface area contributed by atoms with Gasteiger partial charge in [-0.3, -0.25) is 4.79 Å². The van der Waals surface area contributed by atoms with Crippen LogP contribution in [0.5, 0.6) is 0 Å². The number of ketones is 1. The molecule has 0 aliphatic rings. The lowest BCUT2D eigenvalue weighted by molar-refractivity contribution is 0.0106. The molecule has 1 heterocycles. The Morgan fingerprint density at radius 3 is 2.38 bits per heavy atom. The fourth-order valence-electron chi connectivity index (χ4n) is 2.28. The highest BCUT2D eigenvalue weighted by atomic mass is 32.1. The molecule has 0 aliphatic carbocycles. The molecule has 0 saturated carbocycles. The first kappa shape index (κ1) is 20.6. The molecule has 0 unspecified atom stereocenters. The van der Waals surface area contributed by atoms with E-state index in [2.05, 4.69) is 4.98 Å². The smallest absolute Gasteiger partial charge is 0.410 e. The number of aliphatic hydroxyl groups excluding tert-OH is 1. The largest absolute Gasteiger partial charge is 0.444 e. The van der Waals surface area contributed by atoms with Crippen molar-refractivity contribution >= 4 is 23.2 Å². The molecule has 2 atom stereocenters. The molecule has 7 heteroatoms. The third kappa shape index (κ3) is 5.87. The maximum absolute atomic E-state index is 12.3.